The molecular formula is C33H30N2O4S2. The van der Waals surface area contributed by atoms with Gasteiger partial charge in [-0.25, -0.2) is 4.98 Å². The van der Waals surface area contributed by atoms with Gasteiger partial charge in [0.15, 0.2) is 10.6 Å². The summed E-state index contributed by atoms with van der Waals surface area (Å²) in [5.74, 6) is 0.610. The summed E-state index contributed by atoms with van der Waals surface area (Å²) in [6, 6.07) is 32.8. The molecule has 0 radical (unpaired) electrons. The van der Waals surface area contributed by atoms with Gasteiger partial charge in [-0.05, 0) is 47.5 Å². The number of aromatic nitrogens is 1. The van der Waals surface area contributed by atoms with Gasteiger partial charge in [-0.3, -0.25) is 4.79 Å². The number of nitrogens with one attached hydrogen (secondary N) is 1. The lowest BCUT2D eigenvalue weighted by atomic mass is 9.91. The Bertz CT molecular complexity index is 1590. The second-order valence-corrected chi connectivity index (χ2v) is 12.3. The fourth-order valence-corrected chi connectivity index (χ4v) is 7.19. The molecule has 4 aromatic carbocycles. The minimum Gasteiger partial charge on any atom is -0.392 e. The summed E-state index contributed by atoms with van der Waals surface area (Å²) in [6.07, 6.45) is -0.955. The summed E-state index contributed by atoms with van der Waals surface area (Å²) in [4.78, 5) is 17.6. The Morgan fingerprint density at radius 1 is 0.927 bits per heavy atom. The van der Waals surface area contributed by atoms with Gasteiger partial charge in [-0.2, -0.15) is 0 Å². The van der Waals surface area contributed by atoms with E-state index < -0.39 is 6.29 Å². The number of hydrogen-bond donors (Lipinski definition) is 2. The van der Waals surface area contributed by atoms with Crippen LogP contribution < -0.4 is 5.32 Å². The number of nitrogens with zero attached hydrogens (tertiary/aromatic N) is 1. The Labute approximate surface area is 247 Å². The van der Waals surface area contributed by atoms with E-state index in [1.54, 1.807) is 35.2 Å². The fraction of sp³-hybridized carbons (Fsp3) is 0.212. The molecule has 6 nitrogen and oxygen atoms in total. The SMILES string of the molecule is C[C@@H]1[C@H](CSc2nc3ccccc3s2)O[C@H](c2cccc(NC(=O)c3ccccc3)c2)O[C@@H]1c1ccc(CO)cc1. The lowest BCUT2D eigenvalue weighted by Gasteiger charge is -2.41. The van der Waals surface area contributed by atoms with Crippen molar-refractivity contribution in [1.82, 2.24) is 4.98 Å². The molecule has 0 aliphatic carbocycles. The van der Waals surface area contributed by atoms with Crippen molar-refractivity contribution in [2.75, 3.05) is 11.1 Å². The summed E-state index contributed by atoms with van der Waals surface area (Å²) in [6.45, 7) is 2.15. The van der Waals surface area contributed by atoms with Crippen molar-refractivity contribution in [2.24, 2.45) is 5.92 Å². The molecule has 0 saturated carbocycles. The first-order valence-corrected chi connectivity index (χ1v) is 15.3. The highest BCUT2D eigenvalue weighted by Gasteiger charge is 2.38. The Kier molecular flexibility index (Phi) is 8.46. The van der Waals surface area contributed by atoms with Gasteiger partial charge in [0.2, 0.25) is 0 Å². The second kappa shape index (κ2) is 12.5. The number of hydrogen-bond acceptors (Lipinski definition) is 7. The molecule has 0 unspecified atom stereocenters. The van der Waals surface area contributed by atoms with Gasteiger partial charge in [0.25, 0.3) is 5.91 Å². The van der Waals surface area contributed by atoms with Crippen molar-refractivity contribution in [3.63, 3.8) is 0 Å². The lowest BCUT2D eigenvalue weighted by Crippen LogP contribution is -2.38. The van der Waals surface area contributed by atoms with Gasteiger partial charge in [0, 0.05) is 28.5 Å². The Balaban J connectivity index is 1.24. The monoisotopic (exact) mass is 582 g/mol. The first kappa shape index (κ1) is 27.6. The number of amides is 1. The highest BCUT2D eigenvalue weighted by Crippen LogP contribution is 2.43. The molecule has 208 valence electrons. The number of benzene rings is 4. The summed E-state index contributed by atoms with van der Waals surface area (Å²) in [5, 5.41) is 12.5. The molecule has 5 aromatic rings. The van der Waals surface area contributed by atoms with Crippen LogP contribution >= 0.6 is 23.1 Å². The van der Waals surface area contributed by atoms with Crippen molar-refractivity contribution < 1.29 is 19.4 Å². The molecule has 41 heavy (non-hydrogen) atoms. The number of fused-ring (bicyclic) bond motifs is 1. The predicted octanol–water partition coefficient (Wildman–Crippen LogP) is 7.62. The largest absolute Gasteiger partial charge is 0.392 e. The van der Waals surface area contributed by atoms with Crippen molar-refractivity contribution in [3.05, 3.63) is 125 Å². The van der Waals surface area contributed by atoms with Gasteiger partial charge in [0.1, 0.15) is 0 Å². The van der Waals surface area contributed by atoms with Gasteiger partial charge in [0.05, 0.1) is 29.0 Å². The van der Waals surface area contributed by atoms with Crippen LogP contribution in [0.1, 0.15) is 46.4 Å². The smallest absolute Gasteiger partial charge is 0.255 e. The number of para-hydroxylation sites is 1. The molecule has 1 amide bonds. The number of thiazole rings is 1. The van der Waals surface area contributed by atoms with Crippen LogP contribution in [0, 0.1) is 5.92 Å². The Morgan fingerprint density at radius 2 is 1.71 bits per heavy atom. The molecule has 2 N–H and O–H groups in total. The molecule has 8 heteroatoms. The highest BCUT2D eigenvalue weighted by molar-refractivity contribution is 8.01. The normalized spacial score (nSPS) is 20.6. The maximum absolute atomic E-state index is 12.8. The van der Waals surface area contributed by atoms with E-state index in [4.69, 9.17) is 14.5 Å². The molecule has 4 atom stereocenters. The highest BCUT2D eigenvalue weighted by atomic mass is 32.2. The van der Waals surface area contributed by atoms with Crippen molar-refractivity contribution in [2.45, 2.75) is 36.4 Å². The summed E-state index contributed by atoms with van der Waals surface area (Å²) in [5.41, 5.74) is 4.99. The third kappa shape index (κ3) is 6.37. The van der Waals surface area contributed by atoms with Crippen LogP contribution in [0.3, 0.4) is 0 Å². The molecule has 0 bridgehead atoms. The molecule has 1 saturated heterocycles. The molecular weight excluding hydrogens is 553 g/mol. The van der Waals surface area contributed by atoms with Crippen LogP contribution in [0.4, 0.5) is 5.69 Å². The van der Waals surface area contributed by atoms with Crippen molar-refractivity contribution in [3.8, 4) is 0 Å². The number of anilines is 1. The summed E-state index contributed by atoms with van der Waals surface area (Å²) >= 11 is 3.40. The maximum atomic E-state index is 12.8. The maximum Gasteiger partial charge on any atom is 0.255 e. The third-order valence-electron chi connectivity index (χ3n) is 7.22. The van der Waals surface area contributed by atoms with Gasteiger partial charge < -0.3 is 19.9 Å². The van der Waals surface area contributed by atoms with Crippen LogP contribution in [-0.2, 0) is 16.1 Å². The fourth-order valence-electron chi connectivity index (χ4n) is 4.93. The van der Waals surface area contributed by atoms with E-state index in [2.05, 4.69) is 18.3 Å². The van der Waals surface area contributed by atoms with E-state index in [1.807, 2.05) is 84.9 Å². The zero-order chi connectivity index (χ0) is 28.2. The van der Waals surface area contributed by atoms with E-state index in [0.29, 0.717) is 11.3 Å². The number of aliphatic hydroxyl groups excluding tert-OH is 1. The number of thioether (sulfide) groups is 1. The molecule has 2 heterocycles. The summed E-state index contributed by atoms with van der Waals surface area (Å²) in [7, 11) is 0. The predicted molar refractivity (Wildman–Crippen MR) is 164 cm³/mol. The number of carbonyl (C=O) groups excluding carboxylic acids is 1. The Morgan fingerprint density at radius 3 is 2.49 bits per heavy atom. The van der Waals surface area contributed by atoms with Crippen molar-refractivity contribution >= 4 is 44.9 Å². The zero-order valence-corrected chi connectivity index (χ0v) is 24.1. The number of aliphatic hydroxyl groups is 1. The van der Waals surface area contributed by atoms with Crippen LogP contribution in [-0.4, -0.2) is 27.9 Å². The van der Waals surface area contributed by atoms with E-state index in [0.717, 1.165) is 32.3 Å². The van der Waals surface area contributed by atoms with Crippen LogP contribution in [0.2, 0.25) is 0 Å². The number of ether oxygens (including phenoxy) is 2. The van der Waals surface area contributed by atoms with Gasteiger partial charge >= 0.3 is 0 Å². The average Bonchev–Trinajstić information content (AvgIpc) is 3.44. The molecule has 0 spiro atoms. The molecule has 1 aliphatic rings. The molecule has 6 rings (SSSR count). The molecule has 1 aromatic heterocycles. The first-order valence-electron chi connectivity index (χ1n) is 13.5. The topological polar surface area (TPSA) is 80.7 Å². The van der Waals surface area contributed by atoms with E-state index in [9.17, 15) is 9.90 Å². The van der Waals surface area contributed by atoms with Crippen molar-refractivity contribution in [1.29, 1.82) is 0 Å². The summed E-state index contributed by atoms with van der Waals surface area (Å²) < 4.78 is 15.4. The van der Waals surface area contributed by atoms with E-state index >= 15 is 0 Å². The second-order valence-electron chi connectivity index (χ2n) is 10.0. The number of rotatable bonds is 8. The van der Waals surface area contributed by atoms with E-state index in [-0.39, 0.29) is 30.6 Å². The Hall–Kier alpha value is -3.53. The number of carbonyl (C=O) groups is 1. The van der Waals surface area contributed by atoms with E-state index in [1.165, 1.54) is 4.70 Å². The average molecular weight is 583 g/mol. The first-order chi connectivity index (χ1) is 20.1. The minimum absolute atomic E-state index is 0.00395. The van der Waals surface area contributed by atoms with Crippen LogP contribution in [0.15, 0.2) is 107 Å². The molecule has 1 fully saturated rings. The zero-order valence-electron chi connectivity index (χ0n) is 22.5. The lowest BCUT2D eigenvalue weighted by molar-refractivity contribution is -0.268. The quantitative estimate of drug-likeness (QED) is 0.183. The third-order valence-corrected chi connectivity index (χ3v) is 9.49. The van der Waals surface area contributed by atoms with Gasteiger partial charge in [-0.1, -0.05) is 85.4 Å². The standard InChI is InChI=1S/C33H30N2O4S2/c1-21-28(20-40-33-35-27-12-5-6-13-29(27)41-33)38-32(39-30(21)23-16-14-22(19-36)15-17-23)25-10-7-11-26(18-25)34-31(37)24-8-3-2-4-9-24/h2-18,21,28,30,32,36H,19-20H2,1H3,(H,34,37)/t21-,28+,30+,32+/m1/s1. The molecule has 1 aliphatic heterocycles. The van der Waals surface area contributed by atoms with Crippen LogP contribution in [0.5, 0.6) is 0 Å². The van der Waals surface area contributed by atoms with Crippen LogP contribution in [0.25, 0.3) is 10.2 Å². The van der Waals surface area contributed by atoms with Gasteiger partial charge in [-0.15, -0.1) is 11.3 Å². The minimum atomic E-state index is -0.622.